The number of carbonyl (C=O) groups excluding carboxylic acids is 2. The Hall–Kier alpha value is -7.92. The van der Waals surface area contributed by atoms with Crippen molar-refractivity contribution in [2.75, 3.05) is 52.0 Å². The molecule has 0 aliphatic heterocycles. The van der Waals surface area contributed by atoms with Crippen LogP contribution in [0.2, 0.25) is 0 Å². The average Bonchev–Trinajstić information content (AvgIpc) is 1.49. The monoisotopic (exact) mass is 1390 g/mol. The van der Waals surface area contributed by atoms with Crippen molar-refractivity contribution in [1.29, 1.82) is 0 Å². The quantitative estimate of drug-likeness (QED) is 0.0295. The Morgan fingerprint density at radius 1 is 0.547 bits per heavy atom. The largest absolute Gasteiger partial charge is 0.416 e. The Morgan fingerprint density at radius 3 is 1.59 bits per heavy atom. The lowest BCUT2D eigenvalue weighted by molar-refractivity contribution is -0.138. The fourth-order valence-electron chi connectivity index (χ4n) is 8.26. The van der Waals surface area contributed by atoms with Crippen LogP contribution < -0.4 is 11.1 Å². The molecule has 0 fully saturated rings. The van der Waals surface area contributed by atoms with Gasteiger partial charge in [-0.3, -0.25) is 19.2 Å². The van der Waals surface area contributed by atoms with Crippen LogP contribution in [0, 0.1) is 18.6 Å². The van der Waals surface area contributed by atoms with Crippen molar-refractivity contribution in [2.45, 2.75) is 133 Å². The molecule has 2 aromatic heterocycles. The number of fused-ring (bicyclic) bond motifs is 2. The second kappa shape index (κ2) is 32.7. The van der Waals surface area contributed by atoms with Gasteiger partial charge in [-0.2, -0.15) is 36.3 Å². The minimum Gasteiger partial charge on any atom is -0.336 e. The van der Waals surface area contributed by atoms with E-state index in [1.807, 2.05) is 0 Å². The molecule has 0 saturated carbocycles. The molecule has 95 heavy (non-hydrogen) atoms. The zero-order chi connectivity index (χ0) is 108. The molecule has 0 bridgehead atoms. The van der Waals surface area contributed by atoms with Gasteiger partial charge in [0, 0.05) is 103 Å². The van der Waals surface area contributed by atoms with Crippen LogP contribution in [0.3, 0.4) is 0 Å². The minimum absolute atomic E-state index is 0.0204. The zero-order valence-electron chi connectivity index (χ0n) is 94.6. The minimum atomic E-state index is -5.40. The highest BCUT2D eigenvalue weighted by Crippen LogP contribution is 2.36. The van der Waals surface area contributed by atoms with Gasteiger partial charge in [-0.15, -0.1) is 0 Å². The number of aromatic nitrogens is 4. The van der Waals surface area contributed by atoms with E-state index < -0.39 is 319 Å². The number of likely N-dealkylation sites (N-methyl/N-ethyl adjacent to an activating group) is 2. The SMILES string of the molecule is [2H]C([2H])(Sc1nc(=O)c2c(n1C([2H])([2H])C(=O)N(C([2H])([2H])c1ccc(-c3ccc(C(F)(F)F)cc3)cc1)C([2H])([2H])C([2H])([2H])N(C([2H])([2H])C)C([2H])([2H])C)CCC2)c1ccc(F)cc1.[2H]c1c([2H])c(C([2H])([2H])Sc2nc(=O)c3c(n2C([2H])([2H])C(=O)N(C([2H])([2H])c2c([2H])c([2H])c(-c4c([2H])c([2H])c(C(F)(F)F)c(C)c4[2H])c([2H])c2[2H])C([2H])([2H])C([2H])([2H])N(C([2H])([2H])C)C([2H])([2H])C)C([2H])([2H])C([2H])([2H])C3([2H])[2H])c([2H])c([2H])c1F. The van der Waals surface area contributed by atoms with Gasteiger partial charge in [-0.25, -0.2) is 8.78 Å². The van der Waals surface area contributed by atoms with E-state index in [9.17, 15) is 58.4 Å². The van der Waals surface area contributed by atoms with Crippen LogP contribution >= 0.6 is 23.5 Å². The molecule has 8 aromatic rings. The van der Waals surface area contributed by atoms with Crippen LogP contribution in [-0.4, -0.2) is 102 Å². The van der Waals surface area contributed by atoms with Gasteiger partial charge in [0.25, 0.3) is 11.1 Å². The summed E-state index contributed by atoms with van der Waals surface area (Å²) in [5.74, 6) is -7.89. The van der Waals surface area contributed by atoms with Crippen molar-refractivity contribution in [2.24, 2.45) is 0 Å². The summed E-state index contributed by atoms with van der Waals surface area (Å²) < 4.78 is 504. The molecule has 2 aliphatic carbocycles. The normalized spacial score (nSPS) is 23.5. The molecule has 0 unspecified atom stereocenters. The fraction of sp³-hybridized carbons (Fsp3) is 0.370. The lowest BCUT2D eigenvalue weighted by atomic mass is 9.98. The molecule has 0 radical (unpaired) electrons. The summed E-state index contributed by atoms with van der Waals surface area (Å²) in [5.41, 5.74) is -23.9. The number of benzene rings is 6. The van der Waals surface area contributed by atoms with Gasteiger partial charge in [0.2, 0.25) is 11.8 Å². The summed E-state index contributed by atoms with van der Waals surface area (Å²) in [7, 11) is 0. The number of amides is 2. The maximum absolute atomic E-state index is 15.6. The summed E-state index contributed by atoms with van der Waals surface area (Å²) >= 11 is -0.675. The maximum Gasteiger partial charge on any atom is 0.416 e. The van der Waals surface area contributed by atoms with E-state index in [-0.39, 0.29) is 63.9 Å². The van der Waals surface area contributed by atoms with Crippen LogP contribution in [0.5, 0.6) is 0 Å². The van der Waals surface area contributed by atoms with Crippen molar-refractivity contribution in [1.82, 2.24) is 38.7 Å². The van der Waals surface area contributed by atoms with Crippen LogP contribution in [0.15, 0.2) is 159 Å². The number of carbonyl (C=O) groups is 2. The number of thioether (sulfide) groups is 2. The fourth-order valence-corrected chi connectivity index (χ4v) is 9.64. The Morgan fingerprint density at radius 2 is 1.04 bits per heavy atom. The molecule has 6 aromatic carbocycles. The second-order valence-corrected chi connectivity index (χ2v) is 20.5. The van der Waals surface area contributed by atoms with Crippen LogP contribution in [0.1, 0.15) is 164 Å². The smallest absolute Gasteiger partial charge is 0.336 e. The molecular formula is C73H78F8N8O4S2. The lowest BCUT2D eigenvalue weighted by Crippen LogP contribution is -2.40. The Kier molecular flexibility index (Phi) is 11.3. The predicted molar refractivity (Wildman–Crippen MR) is 358 cm³/mol. The number of halogens is 8. The molecular weight excluding hydrogens is 1270 g/mol. The van der Waals surface area contributed by atoms with Crippen LogP contribution in [0.4, 0.5) is 35.1 Å². The van der Waals surface area contributed by atoms with Crippen molar-refractivity contribution in [3.8, 4) is 22.3 Å². The highest BCUT2D eigenvalue weighted by Gasteiger charge is 2.33. The van der Waals surface area contributed by atoms with Gasteiger partial charge in [0.05, 0.1) is 42.7 Å². The molecule has 2 aliphatic rings. The summed E-state index contributed by atoms with van der Waals surface area (Å²) in [5, 5.41) is -2.64. The number of hydrogen-bond acceptors (Lipinski definition) is 10. The Bertz CT molecular complexity index is 6270. The predicted octanol–water partition coefficient (Wildman–Crippen LogP) is 14.7. The first kappa shape index (κ1) is 32.9. The highest BCUT2D eigenvalue weighted by atomic mass is 32.2. The number of alkyl halides is 6. The molecule has 22 heteroatoms. The number of hydrogen-bond donors (Lipinski definition) is 0. The van der Waals surface area contributed by atoms with E-state index in [0.29, 0.717) is 39.2 Å². The molecule has 0 saturated heterocycles. The molecule has 2 heterocycles. The van der Waals surface area contributed by atoms with E-state index in [1.54, 1.807) is 0 Å². The van der Waals surface area contributed by atoms with Crippen molar-refractivity contribution >= 4 is 35.3 Å². The number of rotatable bonds is 26. The first-order valence-electron chi connectivity index (χ1n) is 49.7. The van der Waals surface area contributed by atoms with E-state index in [4.69, 9.17) is 48.0 Å². The topological polar surface area (TPSA) is 117 Å². The summed E-state index contributed by atoms with van der Waals surface area (Å²) in [6.45, 7) is -45.6. The van der Waals surface area contributed by atoms with Gasteiger partial charge in [0.15, 0.2) is 10.3 Å². The summed E-state index contributed by atoms with van der Waals surface area (Å²) in [6, 6.07) is -5.61. The molecule has 12 nitrogen and oxygen atoms in total. The second-order valence-electron chi connectivity index (χ2n) is 18.9. The molecule has 2 amide bonds. The third-order valence-corrected chi connectivity index (χ3v) is 14.4. The van der Waals surface area contributed by atoms with E-state index >= 15 is 9.59 Å². The molecule has 0 atom stereocenters. The van der Waals surface area contributed by atoms with Gasteiger partial charge in [-0.1, -0.05) is 148 Å². The van der Waals surface area contributed by atoms with Gasteiger partial charge >= 0.3 is 12.4 Å². The lowest BCUT2D eigenvalue weighted by Gasteiger charge is -2.28. The van der Waals surface area contributed by atoms with Gasteiger partial charge in [-0.05, 0) is 164 Å². The van der Waals surface area contributed by atoms with Crippen molar-refractivity contribution in [3.63, 3.8) is 0 Å². The van der Waals surface area contributed by atoms with E-state index in [1.165, 1.54) is 12.1 Å². The summed E-state index contributed by atoms with van der Waals surface area (Å²) in [4.78, 5) is 62.4. The van der Waals surface area contributed by atoms with Crippen LogP contribution in [0.25, 0.3) is 22.3 Å². The zero-order valence-corrected chi connectivity index (χ0v) is 51.2. The van der Waals surface area contributed by atoms with E-state index in [0.717, 1.165) is 60.7 Å². The van der Waals surface area contributed by atoms with Gasteiger partial charge in [0.1, 0.15) is 24.6 Å². The average molecular weight is 1390 g/mol. The molecule has 0 N–H and O–H groups in total. The van der Waals surface area contributed by atoms with E-state index in [2.05, 4.69) is 9.97 Å². The Balaban J connectivity index is 0.000000323. The standard InChI is InChI=1S/C37H40F4N4O2S.C36H38F4N4O2S/c1-4-43(5-2)19-20-44(22-26-9-13-28(14-10-26)29-15-18-32(25(3)21-29)37(39,40)41)34(46)23-45-33-8-6-7-31(33)35(47)42-36(45)48-24-27-11-16-30(38)17-12-27;1-3-42(4-2)20-21-43(22-25-8-12-27(13-9-25)28-14-16-29(17-15-28)36(38,39)40)33(45)23-44-32-7-5-6-31(32)34(46)41-35(44)47-24-26-10-18-30(37)19-11-26/h9-18,21H,4-8,19-20,22-24H2,1-3H3;8-19H,3-7,20-24H2,1-2H3/i4D2,5D2,6D2,7D2,8D2,9D,10D,11D,12D,13D,14D,15D,16D,17D,18D,19D2,20D2,21D,22D2,23D2,24D2;3D2,4D2,20D2,21D2,22D2,23D2,24D2. The summed E-state index contributed by atoms with van der Waals surface area (Å²) in [6.07, 6.45) is -22.3. The highest BCUT2D eigenvalue weighted by molar-refractivity contribution is 7.98. The maximum atomic E-state index is 15.6. The third kappa shape index (κ3) is 19.0. The van der Waals surface area contributed by atoms with Gasteiger partial charge < -0.3 is 28.7 Å². The first-order chi connectivity index (χ1) is 62.6. The van der Waals surface area contributed by atoms with Crippen LogP contribution in [-0.2, 0) is 84.9 Å². The van der Waals surface area contributed by atoms with Crippen molar-refractivity contribution < 1.29 is 106 Å². The first-order valence-corrected chi connectivity index (χ1v) is 28.9. The number of nitrogens with zero attached hydrogens (tertiary/aromatic N) is 8. The third-order valence-electron chi connectivity index (χ3n) is 12.8. The molecule has 10 rings (SSSR count). The Labute approximate surface area is 620 Å². The van der Waals surface area contributed by atoms with Crippen molar-refractivity contribution in [3.05, 3.63) is 233 Å². The molecule has 502 valence electrons. The molecule has 0 spiro atoms.